The highest BCUT2D eigenvalue weighted by Gasteiger charge is 2.28. The Labute approximate surface area is 429 Å². The number of esters is 3. The lowest BCUT2D eigenvalue weighted by molar-refractivity contribution is -0.161. The SMILES string of the molecule is CCC/C=C\C/C=C\CCCCCCCC(=O)OCC(COP(=O)(O)OCC(CO)OC(=O)CCCCCCC/C=C\CCCC)OC(=O)CCCCCCCCCCCCCCCCCCCCC. The van der Waals surface area contributed by atoms with Crippen LogP contribution in [-0.2, 0) is 42.2 Å². The summed E-state index contributed by atoms with van der Waals surface area (Å²) in [7, 11) is -4.74. The van der Waals surface area contributed by atoms with Crippen molar-refractivity contribution in [3.63, 3.8) is 0 Å². The number of allylic oxidation sites excluding steroid dienone is 6. The Bertz CT molecular complexity index is 1320. The molecule has 0 aromatic carbocycles. The number of rotatable bonds is 54. The average Bonchev–Trinajstić information content (AvgIpc) is 3.35. The molecule has 0 aliphatic heterocycles. The van der Waals surface area contributed by atoms with Gasteiger partial charge in [-0.05, 0) is 64.2 Å². The highest BCUT2D eigenvalue weighted by molar-refractivity contribution is 7.47. The summed E-state index contributed by atoms with van der Waals surface area (Å²) in [5.74, 6) is -1.47. The van der Waals surface area contributed by atoms with E-state index in [4.69, 9.17) is 23.3 Å². The van der Waals surface area contributed by atoms with Crippen LogP contribution >= 0.6 is 7.82 Å². The van der Waals surface area contributed by atoms with Gasteiger partial charge in [0.25, 0.3) is 0 Å². The number of aliphatic hydroxyl groups excluding tert-OH is 1. The summed E-state index contributed by atoms with van der Waals surface area (Å²) in [4.78, 5) is 48.4. The first kappa shape index (κ1) is 67.7. The molecular formula is C58H107O11P. The number of unbranched alkanes of at least 4 members (excludes halogenated alkanes) is 31. The van der Waals surface area contributed by atoms with Gasteiger partial charge in [0.1, 0.15) is 12.7 Å². The van der Waals surface area contributed by atoms with E-state index in [0.717, 1.165) is 103 Å². The lowest BCUT2D eigenvalue weighted by atomic mass is 10.0. The molecule has 0 spiro atoms. The molecule has 0 saturated heterocycles. The number of aliphatic hydroxyl groups is 1. The Morgan fingerprint density at radius 2 is 0.743 bits per heavy atom. The molecule has 0 saturated carbocycles. The Balaban J connectivity index is 4.68. The van der Waals surface area contributed by atoms with Crippen LogP contribution in [0.4, 0.5) is 0 Å². The van der Waals surface area contributed by atoms with Crippen LogP contribution in [0, 0.1) is 0 Å². The molecule has 0 aromatic rings. The number of ether oxygens (including phenoxy) is 3. The Hall–Kier alpha value is -2.30. The highest BCUT2D eigenvalue weighted by Crippen LogP contribution is 2.43. The first-order chi connectivity index (χ1) is 34.2. The molecule has 0 bridgehead atoms. The molecule has 0 rings (SSSR count). The van der Waals surface area contributed by atoms with E-state index in [1.807, 2.05) is 0 Å². The lowest BCUT2D eigenvalue weighted by Crippen LogP contribution is -2.30. The summed E-state index contributed by atoms with van der Waals surface area (Å²) >= 11 is 0. The lowest BCUT2D eigenvalue weighted by Gasteiger charge is -2.21. The van der Waals surface area contributed by atoms with Gasteiger partial charge >= 0.3 is 25.7 Å². The van der Waals surface area contributed by atoms with E-state index in [1.54, 1.807) is 0 Å². The minimum atomic E-state index is -4.74. The summed E-state index contributed by atoms with van der Waals surface area (Å²) in [5, 5.41) is 9.78. The topological polar surface area (TPSA) is 155 Å². The second-order valence-corrected chi connectivity index (χ2v) is 20.9. The molecule has 3 atom stereocenters. The predicted molar refractivity (Wildman–Crippen MR) is 289 cm³/mol. The van der Waals surface area contributed by atoms with Crippen LogP contribution in [0.15, 0.2) is 36.5 Å². The quantitative estimate of drug-likeness (QED) is 0.0197. The molecular weight excluding hydrogens is 904 g/mol. The summed E-state index contributed by atoms with van der Waals surface area (Å²) in [5.41, 5.74) is 0. The van der Waals surface area contributed by atoms with Crippen LogP contribution in [0.1, 0.15) is 278 Å². The molecule has 0 aromatic heterocycles. The monoisotopic (exact) mass is 1010 g/mol. The maximum absolute atomic E-state index is 12.9. The molecule has 0 aliphatic rings. The van der Waals surface area contributed by atoms with Crippen molar-refractivity contribution < 1.29 is 52.2 Å². The Morgan fingerprint density at radius 3 is 1.17 bits per heavy atom. The fourth-order valence-electron chi connectivity index (χ4n) is 8.08. The molecule has 0 aliphatic carbocycles. The minimum absolute atomic E-state index is 0.168. The molecule has 0 amide bonds. The second kappa shape index (κ2) is 53.0. The molecule has 70 heavy (non-hydrogen) atoms. The molecule has 11 nitrogen and oxygen atoms in total. The van der Waals surface area contributed by atoms with Crippen LogP contribution in [0.25, 0.3) is 0 Å². The van der Waals surface area contributed by atoms with Crippen LogP contribution in [0.5, 0.6) is 0 Å². The minimum Gasteiger partial charge on any atom is -0.462 e. The summed E-state index contributed by atoms with van der Waals surface area (Å²) < 4.78 is 39.5. The van der Waals surface area contributed by atoms with Gasteiger partial charge in [0.15, 0.2) is 6.10 Å². The van der Waals surface area contributed by atoms with Crippen molar-refractivity contribution in [3.05, 3.63) is 36.5 Å². The van der Waals surface area contributed by atoms with Gasteiger partial charge in [-0.3, -0.25) is 23.4 Å². The van der Waals surface area contributed by atoms with Crippen molar-refractivity contribution >= 4 is 25.7 Å². The van der Waals surface area contributed by atoms with Gasteiger partial charge in [-0.2, -0.15) is 0 Å². The van der Waals surface area contributed by atoms with Crippen molar-refractivity contribution in [2.75, 3.05) is 26.4 Å². The molecule has 410 valence electrons. The number of hydrogen-bond donors (Lipinski definition) is 2. The van der Waals surface area contributed by atoms with Gasteiger partial charge in [0.2, 0.25) is 0 Å². The largest absolute Gasteiger partial charge is 0.472 e. The van der Waals surface area contributed by atoms with E-state index in [0.29, 0.717) is 19.3 Å². The Morgan fingerprint density at radius 1 is 0.400 bits per heavy atom. The third-order valence-electron chi connectivity index (χ3n) is 12.5. The second-order valence-electron chi connectivity index (χ2n) is 19.5. The number of carbonyl (C=O) groups is 3. The molecule has 0 heterocycles. The van der Waals surface area contributed by atoms with E-state index in [2.05, 4.69) is 57.2 Å². The van der Waals surface area contributed by atoms with Gasteiger partial charge < -0.3 is 24.2 Å². The van der Waals surface area contributed by atoms with Gasteiger partial charge in [0.05, 0.1) is 19.8 Å². The normalized spacial score (nSPS) is 13.6. The van der Waals surface area contributed by atoms with Crippen LogP contribution in [-0.4, -0.2) is 66.5 Å². The van der Waals surface area contributed by atoms with Crippen LogP contribution < -0.4 is 0 Å². The van der Waals surface area contributed by atoms with E-state index >= 15 is 0 Å². The van der Waals surface area contributed by atoms with Crippen molar-refractivity contribution in [1.82, 2.24) is 0 Å². The first-order valence-electron chi connectivity index (χ1n) is 28.9. The van der Waals surface area contributed by atoms with Crippen LogP contribution in [0.3, 0.4) is 0 Å². The zero-order chi connectivity index (χ0) is 51.3. The predicted octanol–water partition coefficient (Wildman–Crippen LogP) is 16.8. The summed E-state index contributed by atoms with van der Waals surface area (Å²) in [6, 6.07) is 0. The molecule has 12 heteroatoms. The van der Waals surface area contributed by atoms with Gasteiger partial charge in [0, 0.05) is 19.3 Å². The van der Waals surface area contributed by atoms with Crippen molar-refractivity contribution in [2.24, 2.45) is 0 Å². The van der Waals surface area contributed by atoms with E-state index in [-0.39, 0.29) is 25.9 Å². The smallest absolute Gasteiger partial charge is 0.462 e. The third kappa shape index (κ3) is 50.6. The standard InChI is InChI=1S/C58H107O11P/c1-4-7-10-13-16-19-22-24-25-26-27-28-29-31-34-37-40-43-46-49-58(62)69-55(51-65-56(60)47-44-41-38-35-33-30-23-20-17-14-11-8-5-2)53-67-70(63,64)66-52-54(50-59)68-57(61)48-45-42-39-36-32-21-18-15-12-9-6-3/h11,14-15,18,20,23,54-55,59H,4-10,12-13,16-17,19,21-22,24-53H2,1-3H3,(H,63,64)/b14-11-,18-15-,23-20-. The molecule has 3 unspecified atom stereocenters. The van der Waals surface area contributed by atoms with Crippen molar-refractivity contribution in [2.45, 2.75) is 290 Å². The van der Waals surface area contributed by atoms with Crippen LogP contribution in [0.2, 0.25) is 0 Å². The first-order valence-corrected chi connectivity index (χ1v) is 30.4. The van der Waals surface area contributed by atoms with Crippen molar-refractivity contribution in [3.8, 4) is 0 Å². The summed E-state index contributed by atoms with van der Waals surface area (Å²) in [6.45, 7) is 4.55. The Kier molecular flexibility index (Phi) is 51.3. The zero-order valence-electron chi connectivity index (χ0n) is 45.2. The fraction of sp³-hybridized carbons (Fsp3) is 0.845. The van der Waals surface area contributed by atoms with Gasteiger partial charge in [-0.25, -0.2) is 4.57 Å². The van der Waals surface area contributed by atoms with Gasteiger partial charge in [-0.1, -0.05) is 231 Å². The number of hydrogen-bond acceptors (Lipinski definition) is 10. The zero-order valence-corrected chi connectivity index (χ0v) is 46.1. The number of phosphoric ester groups is 1. The van der Waals surface area contributed by atoms with Crippen molar-refractivity contribution in [1.29, 1.82) is 0 Å². The van der Waals surface area contributed by atoms with E-state index < -0.39 is 57.8 Å². The summed E-state index contributed by atoms with van der Waals surface area (Å²) in [6.07, 6.45) is 54.0. The fourth-order valence-corrected chi connectivity index (χ4v) is 8.87. The van der Waals surface area contributed by atoms with E-state index in [1.165, 1.54) is 116 Å². The average molecular weight is 1010 g/mol. The molecule has 0 radical (unpaired) electrons. The maximum Gasteiger partial charge on any atom is 0.472 e. The van der Waals surface area contributed by atoms with Gasteiger partial charge in [-0.15, -0.1) is 0 Å². The molecule has 0 fully saturated rings. The third-order valence-corrected chi connectivity index (χ3v) is 13.5. The number of phosphoric acid groups is 1. The number of carbonyl (C=O) groups excluding carboxylic acids is 3. The molecule has 2 N–H and O–H groups in total. The van der Waals surface area contributed by atoms with E-state index in [9.17, 15) is 28.9 Å². The highest BCUT2D eigenvalue weighted by atomic mass is 31.2. The maximum atomic E-state index is 12.9.